The molecule has 12 heteroatoms. The van der Waals surface area contributed by atoms with E-state index in [9.17, 15) is 30.0 Å². The van der Waals surface area contributed by atoms with Gasteiger partial charge in [0.05, 0.1) is 18.9 Å². The summed E-state index contributed by atoms with van der Waals surface area (Å²) in [5.74, 6) is -0.440. The fraction of sp³-hybridized carbons (Fsp3) is 0.400. The molecule has 11 nitrogen and oxygen atoms in total. The lowest BCUT2D eigenvalue weighted by molar-refractivity contribution is -0.166. The molecule has 1 aromatic heterocycles. The molecule has 8 N–H and O–H groups in total. The Morgan fingerprint density at radius 1 is 1.16 bits per heavy atom. The number of thiophene rings is 1. The van der Waals surface area contributed by atoms with Crippen LogP contribution in [0.3, 0.4) is 0 Å². The molecule has 0 radical (unpaired) electrons. The molecule has 0 saturated heterocycles. The third-order valence-corrected chi connectivity index (χ3v) is 5.69. The second-order valence-electron chi connectivity index (χ2n) is 6.88. The van der Waals surface area contributed by atoms with Gasteiger partial charge in [0.25, 0.3) is 0 Å². The molecule has 2 amide bonds. The maximum atomic E-state index is 12.0. The van der Waals surface area contributed by atoms with Gasteiger partial charge < -0.3 is 46.1 Å². The van der Waals surface area contributed by atoms with E-state index in [4.69, 9.17) is 20.3 Å². The molecule has 176 valence electrons. The molecule has 1 aromatic carbocycles. The van der Waals surface area contributed by atoms with E-state index >= 15 is 0 Å². The number of aryl methyl sites for hydroxylation is 1. The Labute approximate surface area is 187 Å². The lowest BCUT2D eigenvalue weighted by atomic mass is 10.0. The third-order valence-electron chi connectivity index (χ3n) is 4.53. The summed E-state index contributed by atoms with van der Waals surface area (Å²) in [5, 5.41) is 50.8. The first-order chi connectivity index (χ1) is 15.1. The highest BCUT2D eigenvalue weighted by atomic mass is 32.1. The van der Waals surface area contributed by atoms with Crippen molar-refractivity contribution in [3.8, 4) is 16.2 Å². The molecule has 4 unspecified atom stereocenters. The number of carbonyl (C=O) groups is 2. The number of benzene rings is 1. The summed E-state index contributed by atoms with van der Waals surface area (Å²) >= 11 is 1.08. The largest absolute Gasteiger partial charge is 0.465 e. The van der Waals surface area contributed by atoms with Crippen molar-refractivity contribution in [3.05, 3.63) is 34.7 Å². The zero-order valence-corrected chi connectivity index (χ0v) is 18.2. The van der Waals surface area contributed by atoms with Gasteiger partial charge in [-0.05, 0) is 48.7 Å². The predicted octanol–water partition coefficient (Wildman–Crippen LogP) is 0.163. The monoisotopic (exact) mass is 470 g/mol. The first kappa shape index (κ1) is 25.5. The number of esters is 1. The summed E-state index contributed by atoms with van der Waals surface area (Å²) < 4.78 is 10.0. The van der Waals surface area contributed by atoms with Crippen LogP contribution >= 0.6 is 11.3 Å². The van der Waals surface area contributed by atoms with Crippen LogP contribution in [0, 0.1) is 6.92 Å². The first-order valence-electron chi connectivity index (χ1n) is 9.48. The minimum atomic E-state index is -1.85. The highest BCUT2D eigenvalue weighted by Crippen LogP contribution is 2.37. The molecule has 32 heavy (non-hydrogen) atoms. The number of nitrogens with one attached hydrogen (secondary N) is 1. The number of rotatable bonds is 10. The van der Waals surface area contributed by atoms with E-state index < -0.39 is 43.2 Å². The number of hydrogen-bond acceptors (Lipinski definition) is 10. The van der Waals surface area contributed by atoms with Crippen LogP contribution in [0.1, 0.15) is 21.7 Å². The van der Waals surface area contributed by atoms with E-state index in [-0.39, 0.29) is 22.7 Å². The summed E-state index contributed by atoms with van der Waals surface area (Å²) in [6.07, 6.45) is -7.02. The maximum Gasteiger partial charge on any atom is 0.350 e. The van der Waals surface area contributed by atoms with E-state index in [2.05, 4.69) is 5.32 Å². The fourth-order valence-electron chi connectivity index (χ4n) is 2.84. The molecule has 2 rings (SSSR count). The fourth-order valence-corrected chi connectivity index (χ4v) is 3.87. The minimum absolute atomic E-state index is 0.160. The molecule has 2 aromatic rings. The molecule has 0 saturated carbocycles. The van der Waals surface area contributed by atoms with E-state index in [1.54, 1.807) is 25.1 Å². The van der Waals surface area contributed by atoms with Crippen LogP contribution in [0.15, 0.2) is 24.3 Å². The van der Waals surface area contributed by atoms with E-state index in [1.807, 2.05) is 0 Å². The van der Waals surface area contributed by atoms with Crippen molar-refractivity contribution in [3.63, 3.8) is 0 Å². The summed E-state index contributed by atoms with van der Waals surface area (Å²) in [5.41, 5.74) is 6.57. The smallest absolute Gasteiger partial charge is 0.350 e. The van der Waals surface area contributed by atoms with Gasteiger partial charge in [-0.2, -0.15) is 0 Å². The normalized spacial score (nSPS) is 14.8. The van der Waals surface area contributed by atoms with E-state index in [1.165, 1.54) is 13.2 Å². The molecule has 0 aliphatic heterocycles. The number of nitrogens with two attached hydrogens (primary N) is 1. The molecule has 4 atom stereocenters. The molecule has 0 spiro atoms. The molecule has 0 aliphatic carbocycles. The molecule has 0 aliphatic rings. The second-order valence-corrected chi connectivity index (χ2v) is 7.94. The Hall–Kier alpha value is -2.74. The Bertz CT molecular complexity index is 949. The van der Waals surface area contributed by atoms with Gasteiger partial charge in [0.2, 0.25) is 6.29 Å². The molecular weight excluding hydrogens is 444 g/mol. The maximum absolute atomic E-state index is 12.0. The Morgan fingerprint density at radius 3 is 2.41 bits per heavy atom. The van der Waals surface area contributed by atoms with Gasteiger partial charge in [-0.15, -0.1) is 11.3 Å². The van der Waals surface area contributed by atoms with Gasteiger partial charge in [0.1, 0.15) is 22.8 Å². The number of urea groups is 1. The Balaban J connectivity index is 2.22. The zero-order valence-electron chi connectivity index (χ0n) is 17.4. The zero-order chi connectivity index (χ0) is 24.0. The number of amides is 2. The number of methoxy groups -OCH3 is 1. The van der Waals surface area contributed by atoms with Crippen LogP contribution in [0.5, 0.6) is 5.75 Å². The number of carbonyl (C=O) groups excluding carboxylic acids is 2. The van der Waals surface area contributed by atoms with Gasteiger partial charge in [0.15, 0.2) is 0 Å². The van der Waals surface area contributed by atoms with Gasteiger partial charge in [-0.3, -0.25) is 0 Å². The van der Waals surface area contributed by atoms with Crippen molar-refractivity contribution < 1.29 is 44.6 Å². The quantitative estimate of drug-likeness (QED) is 0.187. The summed E-state index contributed by atoms with van der Waals surface area (Å²) in [6, 6.07) is 5.55. The number of aliphatic hydroxyl groups is 5. The second kappa shape index (κ2) is 11.2. The lowest BCUT2D eigenvalue weighted by Crippen LogP contribution is -2.47. The van der Waals surface area contributed by atoms with Crippen molar-refractivity contribution in [1.82, 2.24) is 0 Å². The predicted molar refractivity (Wildman–Crippen MR) is 115 cm³/mol. The van der Waals surface area contributed by atoms with Gasteiger partial charge in [-0.1, -0.05) is 0 Å². The van der Waals surface area contributed by atoms with Crippen molar-refractivity contribution in [2.24, 2.45) is 5.73 Å². The van der Waals surface area contributed by atoms with Crippen LogP contribution < -0.4 is 15.8 Å². The number of hydrogen-bond donors (Lipinski definition) is 7. The van der Waals surface area contributed by atoms with Crippen LogP contribution in [-0.2, 0) is 4.74 Å². The van der Waals surface area contributed by atoms with Crippen molar-refractivity contribution in [1.29, 1.82) is 0 Å². The summed E-state index contributed by atoms with van der Waals surface area (Å²) in [6.45, 7) is 1.27. The van der Waals surface area contributed by atoms with Crippen LogP contribution in [0.25, 0.3) is 10.4 Å². The number of anilines is 1. The van der Waals surface area contributed by atoms with E-state index in [0.717, 1.165) is 11.3 Å². The van der Waals surface area contributed by atoms with Crippen LogP contribution in [-0.4, -0.2) is 75.9 Å². The van der Waals surface area contributed by atoms with Crippen LogP contribution in [0.2, 0.25) is 0 Å². The number of aliphatic hydroxyl groups excluding tert-OH is 5. The average molecular weight is 471 g/mol. The molecule has 1 heterocycles. The summed E-state index contributed by atoms with van der Waals surface area (Å²) in [4.78, 5) is 24.0. The highest BCUT2D eigenvalue weighted by Gasteiger charge is 2.31. The summed E-state index contributed by atoms with van der Waals surface area (Å²) in [7, 11) is 1.21. The van der Waals surface area contributed by atoms with E-state index in [0.29, 0.717) is 16.0 Å². The van der Waals surface area contributed by atoms with Crippen LogP contribution in [0.4, 0.5) is 10.5 Å². The topological polar surface area (TPSA) is 192 Å². The molecule has 0 bridgehead atoms. The SMILES string of the molecule is COC(=O)c1sc(-c2ccc(OC(O)C(O)C(O)C(O)CCO)c(C)c2)cc1NC(N)=O. The Kier molecular flexibility index (Phi) is 8.95. The van der Waals surface area contributed by atoms with Gasteiger partial charge in [0, 0.05) is 11.5 Å². The van der Waals surface area contributed by atoms with Gasteiger partial charge >= 0.3 is 12.0 Å². The molecular formula is C20H26N2O9S. The lowest BCUT2D eigenvalue weighted by Gasteiger charge is -2.27. The first-order valence-corrected chi connectivity index (χ1v) is 10.3. The minimum Gasteiger partial charge on any atom is -0.465 e. The third kappa shape index (κ3) is 6.16. The Morgan fingerprint density at radius 2 is 1.84 bits per heavy atom. The number of primary amides is 1. The molecule has 0 fully saturated rings. The van der Waals surface area contributed by atoms with Gasteiger partial charge in [-0.25, -0.2) is 9.59 Å². The van der Waals surface area contributed by atoms with Crippen molar-refractivity contribution in [2.75, 3.05) is 19.0 Å². The number of ether oxygens (including phenoxy) is 2. The van der Waals surface area contributed by atoms with Crippen molar-refractivity contribution in [2.45, 2.75) is 37.9 Å². The van der Waals surface area contributed by atoms with Crippen molar-refractivity contribution >= 4 is 29.0 Å². The average Bonchev–Trinajstić information content (AvgIpc) is 3.16. The standard InChI is InChI=1S/C20H26N2O9S/c1-9-7-10(14-8-11(22-20(21)29)17(32-14)19(28)30-2)3-4-13(9)31-18(27)16(26)15(25)12(24)5-6-23/h3-4,7-8,12,15-16,18,23-27H,5-6H2,1-2H3,(H3,21,22,29). The highest BCUT2D eigenvalue weighted by molar-refractivity contribution is 7.18.